The zero-order valence-corrected chi connectivity index (χ0v) is 11.9. The maximum atomic E-state index is 2.20. The molecule has 0 bridgehead atoms. The molecule has 3 aromatic carbocycles. The van der Waals surface area contributed by atoms with E-state index in [1.807, 2.05) is 12.1 Å². The van der Waals surface area contributed by atoms with Crippen LogP contribution in [-0.2, 0) is 6.42 Å². The van der Waals surface area contributed by atoms with Crippen LogP contribution < -0.4 is 0 Å². The molecule has 102 valence electrons. The number of benzene rings is 3. The molecule has 0 aromatic heterocycles. The summed E-state index contributed by atoms with van der Waals surface area (Å²) in [5.74, 6) is 0. The Morgan fingerprint density at radius 2 is 1.05 bits per heavy atom. The number of hydrogen-bond donors (Lipinski definition) is 0. The molecule has 0 atom stereocenters. The summed E-state index contributed by atoms with van der Waals surface area (Å²) in [5, 5.41) is 0. The molecule has 0 fully saturated rings. The van der Waals surface area contributed by atoms with E-state index in [1.165, 1.54) is 22.3 Å². The highest BCUT2D eigenvalue weighted by atomic mass is 14.0. The smallest absolute Gasteiger partial charge is 0.00882 e. The molecule has 4 rings (SSSR count). The summed E-state index contributed by atoms with van der Waals surface area (Å²) in [4.78, 5) is 0. The van der Waals surface area contributed by atoms with E-state index in [9.17, 15) is 0 Å². The van der Waals surface area contributed by atoms with Crippen molar-refractivity contribution in [3.63, 3.8) is 0 Å². The van der Waals surface area contributed by atoms with Gasteiger partial charge in [-0.3, -0.25) is 0 Å². The Labute approximate surface area is 126 Å². The molecular weight excluding hydrogens is 252 g/mol. The molecule has 0 nitrogen and oxygen atoms in total. The second kappa shape index (κ2) is 6.71. The molecule has 1 aliphatic rings. The fourth-order valence-electron chi connectivity index (χ4n) is 2.46. The van der Waals surface area contributed by atoms with Crippen LogP contribution >= 0.6 is 0 Å². The molecule has 0 spiro atoms. The van der Waals surface area contributed by atoms with E-state index in [4.69, 9.17) is 0 Å². The van der Waals surface area contributed by atoms with Crippen LogP contribution in [0.1, 0.15) is 11.1 Å². The molecule has 0 saturated carbocycles. The molecule has 0 heteroatoms. The summed E-state index contributed by atoms with van der Waals surface area (Å²) in [6, 6.07) is 29.3. The van der Waals surface area contributed by atoms with Gasteiger partial charge in [0.2, 0.25) is 0 Å². The first-order chi connectivity index (χ1) is 10.4. The van der Waals surface area contributed by atoms with Gasteiger partial charge in [0.1, 0.15) is 0 Å². The number of fused-ring (bicyclic) bond motifs is 1. The normalized spacial score (nSPS) is 11.4. The predicted molar refractivity (Wildman–Crippen MR) is 91.1 cm³/mol. The molecule has 0 unspecified atom stereocenters. The largest absolute Gasteiger partial charge is 0.0795 e. The molecular formula is C21H18. The minimum atomic E-state index is 1.12. The standard InChI is InChI=1S/C12H10.C9H8/c1-3-7-11(8-4-1)12-9-5-2-6-10-12;1-2-5-9-7-3-6-8(9)4-1/h1-10H;1-6H,7H2. The first-order valence-corrected chi connectivity index (χ1v) is 7.28. The SMILES string of the molecule is C1=Cc2ccccc2C1.c1ccc(-c2ccccc2)cc1. The maximum Gasteiger partial charge on any atom is -0.00882 e. The van der Waals surface area contributed by atoms with Gasteiger partial charge in [-0.15, -0.1) is 0 Å². The van der Waals surface area contributed by atoms with E-state index < -0.39 is 0 Å². The van der Waals surface area contributed by atoms with Gasteiger partial charge in [-0.25, -0.2) is 0 Å². The number of hydrogen-bond acceptors (Lipinski definition) is 0. The van der Waals surface area contributed by atoms with E-state index in [-0.39, 0.29) is 0 Å². The van der Waals surface area contributed by atoms with Crippen LogP contribution in [0.2, 0.25) is 0 Å². The van der Waals surface area contributed by atoms with Crippen molar-refractivity contribution in [3.8, 4) is 11.1 Å². The van der Waals surface area contributed by atoms with E-state index in [0.717, 1.165) is 6.42 Å². The second-order valence-corrected chi connectivity index (χ2v) is 5.04. The van der Waals surface area contributed by atoms with E-state index in [1.54, 1.807) is 0 Å². The van der Waals surface area contributed by atoms with Crippen LogP contribution in [0.5, 0.6) is 0 Å². The number of allylic oxidation sites excluding steroid dienone is 1. The highest BCUT2D eigenvalue weighted by Gasteiger charge is 2.00. The summed E-state index contributed by atoms with van der Waals surface area (Å²) >= 11 is 0. The maximum absolute atomic E-state index is 2.20. The third-order valence-electron chi connectivity index (χ3n) is 3.57. The summed E-state index contributed by atoms with van der Waals surface area (Å²) in [6.45, 7) is 0. The van der Waals surface area contributed by atoms with Crippen molar-refractivity contribution in [2.75, 3.05) is 0 Å². The van der Waals surface area contributed by atoms with Crippen molar-refractivity contribution in [2.24, 2.45) is 0 Å². The number of rotatable bonds is 1. The van der Waals surface area contributed by atoms with Crippen LogP contribution in [0.3, 0.4) is 0 Å². The Balaban J connectivity index is 0.000000131. The van der Waals surface area contributed by atoms with Gasteiger partial charge in [-0.05, 0) is 28.7 Å². The van der Waals surface area contributed by atoms with Crippen LogP contribution in [0.4, 0.5) is 0 Å². The summed E-state index contributed by atoms with van der Waals surface area (Å²) in [7, 11) is 0. The van der Waals surface area contributed by atoms with Gasteiger partial charge < -0.3 is 0 Å². The van der Waals surface area contributed by atoms with Crippen molar-refractivity contribution >= 4 is 6.08 Å². The predicted octanol–water partition coefficient (Wildman–Crippen LogP) is 5.61. The van der Waals surface area contributed by atoms with Gasteiger partial charge in [-0.2, -0.15) is 0 Å². The van der Waals surface area contributed by atoms with Crippen molar-refractivity contribution in [3.05, 3.63) is 102 Å². The third-order valence-corrected chi connectivity index (χ3v) is 3.57. The van der Waals surface area contributed by atoms with Crippen molar-refractivity contribution in [1.29, 1.82) is 0 Å². The zero-order chi connectivity index (χ0) is 14.3. The Kier molecular flexibility index (Phi) is 4.28. The van der Waals surface area contributed by atoms with Crippen LogP contribution in [0.15, 0.2) is 91.0 Å². The van der Waals surface area contributed by atoms with Crippen LogP contribution in [-0.4, -0.2) is 0 Å². The first-order valence-electron chi connectivity index (χ1n) is 7.28. The molecule has 0 saturated heterocycles. The van der Waals surface area contributed by atoms with Gasteiger partial charge >= 0.3 is 0 Å². The Morgan fingerprint density at radius 1 is 0.524 bits per heavy atom. The molecule has 1 aliphatic carbocycles. The first kappa shape index (κ1) is 13.4. The quantitative estimate of drug-likeness (QED) is 0.539. The van der Waals surface area contributed by atoms with Gasteiger partial charge in [0.25, 0.3) is 0 Å². The fraction of sp³-hybridized carbons (Fsp3) is 0.0476. The Hall–Kier alpha value is -2.60. The molecule has 0 heterocycles. The lowest BCUT2D eigenvalue weighted by atomic mass is 10.1. The molecule has 0 radical (unpaired) electrons. The van der Waals surface area contributed by atoms with Gasteiger partial charge in [0, 0.05) is 0 Å². The zero-order valence-electron chi connectivity index (χ0n) is 11.9. The molecule has 0 amide bonds. The summed E-state index contributed by atoms with van der Waals surface area (Å²) in [6.07, 6.45) is 5.50. The average molecular weight is 270 g/mol. The minimum absolute atomic E-state index is 1.12. The summed E-state index contributed by atoms with van der Waals surface area (Å²) < 4.78 is 0. The average Bonchev–Trinajstić information content (AvgIpc) is 3.06. The lowest BCUT2D eigenvalue weighted by Gasteiger charge is -1.98. The monoisotopic (exact) mass is 270 g/mol. The van der Waals surface area contributed by atoms with Crippen LogP contribution in [0.25, 0.3) is 17.2 Å². The molecule has 3 aromatic rings. The van der Waals surface area contributed by atoms with Gasteiger partial charge in [0.15, 0.2) is 0 Å². The molecule has 0 aliphatic heterocycles. The van der Waals surface area contributed by atoms with Gasteiger partial charge in [-0.1, -0.05) is 97.1 Å². The lowest BCUT2D eigenvalue weighted by molar-refractivity contribution is 1.31. The molecule has 21 heavy (non-hydrogen) atoms. The Bertz CT molecular complexity index is 672. The highest BCUT2D eigenvalue weighted by molar-refractivity contribution is 5.62. The summed E-state index contributed by atoms with van der Waals surface area (Å²) in [5.41, 5.74) is 5.39. The third kappa shape index (κ3) is 3.49. The van der Waals surface area contributed by atoms with Gasteiger partial charge in [0.05, 0.1) is 0 Å². The topological polar surface area (TPSA) is 0 Å². The van der Waals surface area contributed by atoms with Crippen LogP contribution in [0, 0.1) is 0 Å². The van der Waals surface area contributed by atoms with Crippen molar-refractivity contribution < 1.29 is 0 Å². The Morgan fingerprint density at radius 3 is 1.62 bits per heavy atom. The van der Waals surface area contributed by atoms with E-state index in [0.29, 0.717) is 0 Å². The van der Waals surface area contributed by atoms with E-state index >= 15 is 0 Å². The molecule has 0 N–H and O–H groups in total. The fourth-order valence-corrected chi connectivity index (χ4v) is 2.46. The van der Waals surface area contributed by atoms with Crippen molar-refractivity contribution in [1.82, 2.24) is 0 Å². The van der Waals surface area contributed by atoms with Crippen molar-refractivity contribution in [2.45, 2.75) is 6.42 Å². The lowest BCUT2D eigenvalue weighted by Crippen LogP contribution is -1.76. The minimum Gasteiger partial charge on any atom is -0.0795 e. The van der Waals surface area contributed by atoms with E-state index in [2.05, 4.69) is 84.9 Å². The second-order valence-electron chi connectivity index (χ2n) is 5.04. The highest BCUT2D eigenvalue weighted by Crippen LogP contribution is 2.18.